The lowest BCUT2D eigenvalue weighted by Crippen LogP contribution is -2.24. The number of carbonyl (C=O) groups is 1. The van der Waals surface area contributed by atoms with Gasteiger partial charge >= 0.3 is 0 Å². The molecule has 3 rings (SSSR count). The molecule has 29 heavy (non-hydrogen) atoms. The first-order valence-electron chi connectivity index (χ1n) is 9.10. The minimum absolute atomic E-state index is 0.0801. The summed E-state index contributed by atoms with van der Waals surface area (Å²) in [5.41, 5.74) is 1.74. The molecule has 7 heteroatoms. The molecule has 1 unspecified atom stereocenters. The van der Waals surface area contributed by atoms with Gasteiger partial charge in [0, 0.05) is 6.08 Å². The van der Waals surface area contributed by atoms with Crippen LogP contribution in [0.25, 0.3) is 6.08 Å². The van der Waals surface area contributed by atoms with Gasteiger partial charge in [-0.25, -0.2) is 13.1 Å². The van der Waals surface area contributed by atoms with Crippen molar-refractivity contribution in [2.75, 3.05) is 0 Å². The topological polar surface area (TPSA) is 88.4 Å². The summed E-state index contributed by atoms with van der Waals surface area (Å²) in [6.07, 6.45) is 4.55. The van der Waals surface area contributed by atoms with Gasteiger partial charge in [0.15, 0.2) is 0 Å². The molecule has 0 spiro atoms. The monoisotopic (exact) mass is 410 g/mol. The lowest BCUT2D eigenvalue weighted by Gasteiger charge is -2.12. The van der Waals surface area contributed by atoms with Crippen LogP contribution in [0.5, 0.6) is 0 Å². The third-order valence-electron chi connectivity index (χ3n) is 4.29. The van der Waals surface area contributed by atoms with E-state index in [1.54, 1.807) is 30.3 Å². The molecule has 0 radical (unpaired) electrons. The SMILES string of the molecule is CC(NC(=O)/C=C/c1ccc(S(=O)(=O)NCc2ccco2)cc1)c1ccccc1. The smallest absolute Gasteiger partial charge is 0.244 e. The van der Waals surface area contributed by atoms with Gasteiger partial charge in [0.05, 0.1) is 23.7 Å². The molecular formula is C22H22N2O4S. The Morgan fingerprint density at radius 2 is 1.76 bits per heavy atom. The van der Waals surface area contributed by atoms with Crippen LogP contribution in [-0.4, -0.2) is 14.3 Å². The van der Waals surface area contributed by atoms with E-state index in [4.69, 9.17) is 4.42 Å². The van der Waals surface area contributed by atoms with Crippen molar-refractivity contribution >= 4 is 22.0 Å². The molecule has 3 aromatic rings. The van der Waals surface area contributed by atoms with Crippen molar-refractivity contribution in [3.63, 3.8) is 0 Å². The average molecular weight is 410 g/mol. The number of amides is 1. The summed E-state index contributed by atoms with van der Waals surface area (Å²) in [6.45, 7) is 1.99. The number of carbonyl (C=O) groups excluding carboxylic acids is 1. The van der Waals surface area contributed by atoms with E-state index in [1.807, 2.05) is 37.3 Å². The molecule has 0 fully saturated rings. The van der Waals surface area contributed by atoms with Gasteiger partial charge in [-0.05, 0) is 48.4 Å². The minimum atomic E-state index is -3.64. The minimum Gasteiger partial charge on any atom is -0.468 e. The maximum Gasteiger partial charge on any atom is 0.244 e. The Bertz CT molecular complexity index is 1060. The largest absolute Gasteiger partial charge is 0.468 e. The highest BCUT2D eigenvalue weighted by molar-refractivity contribution is 7.89. The van der Waals surface area contributed by atoms with Gasteiger partial charge in [-0.3, -0.25) is 4.79 Å². The van der Waals surface area contributed by atoms with Gasteiger partial charge in [-0.2, -0.15) is 0 Å². The standard InChI is InChI=1S/C22H22N2O4S/c1-17(19-6-3-2-4-7-19)24-22(25)14-11-18-9-12-21(13-10-18)29(26,27)23-16-20-8-5-15-28-20/h2-15,17,23H,16H2,1H3,(H,24,25)/b14-11+. The van der Waals surface area contributed by atoms with Gasteiger partial charge in [-0.1, -0.05) is 42.5 Å². The van der Waals surface area contributed by atoms with E-state index in [0.29, 0.717) is 5.76 Å². The van der Waals surface area contributed by atoms with Gasteiger partial charge in [0.25, 0.3) is 0 Å². The maximum absolute atomic E-state index is 12.3. The van der Waals surface area contributed by atoms with Crippen molar-refractivity contribution in [3.8, 4) is 0 Å². The molecule has 1 heterocycles. The Morgan fingerprint density at radius 3 is 2.41 bits per heavy atom. The summed E-state index contributed by atoms with van der Waals surface area (Å²) >= 11 is 0. The van der Waals surface area contributed by atoms with E-state index in [1.165, 1.54) is 24.5 Å². The molecule has 0 aliphatic heterocycles. The molecular weight excluding hydrogens is 388 g/mol. The quantitative estimate of drug-likeness (QED) is 0.555. The third kappa shape index (κ3) is 5.91. The lowest BCUT2D eigenvalue weighted by molar-refractivity contribution is -0.117. The molecule has 2 N–H and O–H groups in total. The van der Waals surface area contributed by atoms with Crippen LogP contribution in [-0.2, 0) is 21.4 Å². The maximum atomic E-state index is 12.3. The molecule has 2 aromatic carbocycles. The van der Waals surface area contributed by atoms with Crippen molar-refractivity contribution in [1.29, 1.82) is 0 Å². The Balaban J connectivity index is 1.57. The predicted octanol–water partition coefficient (Wildman–Crippen LogP) is 3.65. The van der Waals surface area contributed by atoms with Crippen LogP contribution in [0.3, 0.4) is 0 Å². The zero-order valence-corrected chi connectivity index (χ0v) is 16.7. The molecule has 0 saturated carbocycles. The molecule has 0 aliphatic rings. The van der Waals surface area contributed by atoms with Crippen LogP contribution in [0.2, 0.25) is 0 Å². The molecule has 6 nitrogen and oxygen atoms in total. The number of nitrogens with one attached hydrogen (secondary N) is 2. The van der Waals surface area contributed by atoms with Gasteiger partial charge < -0.3 is 9.73 Å². The highest BCUT2D eigenvalue weighted by Gasteiger charge is 2.14. The van der Waals surface area contributed by atoms with Crippen molar-refractivity contribution in [2.45, 2.75) is 24.4 Å². The molecule has 0 saturated heterocycles. The first-order chi connectivity index (χ1) is 13.9. The zero-order chi connectivity index (χ0) is 20.7. The Hall–Kier alpha value is -3.16. The fourth-order valence-corrected chi connectivity index (χ4v) is 3.67. The first kappa shape index (κ1) is 20.6. The van der Waals surface area contributed by atoms with E-state index in [-0.39, 0.29) is 23.4 Å². The summed E-state index contributed by atoms with van der Waals surface area (Å²) in [4.78, 5) is 12.3. The van der Waals surface area contributed by atoms with Crippen LogP contribution in [0.1, 0.15) is 29.9 Å². The predicted molar refractivity (Wildman–Crippen MR) is 111 cm³/mol. The molecule has 0 aliphatic carbocycles. The highest BCUT2D eigenvalue weighted by Crippen LogP contribution is 2.14. The van der Waals surface area contributed by atoms with E-state index in [2.05, 4.69) is 10.0 Å². The number of rotatable bonds is 8. The fraction of sp³-hybridized carbons (Fsp3) is 0.136. The molecule has 150 valence electrons. The second-order valence-corrected chi connectivity index (χ2v) is 8.21. The number of hydrogen-bond donors (Lipinski definition) is 2. The van der Waals surface area contributed by atoms with Crippen LogP contribution in [0.15, 0.2) is 88.4 Å². The summed E-state index contributed by atoms with van der Waals surface area (Å²) in [6, 6.07) is 19.2. The van der Waals surface area contributed by atoms with Crippen LogP contribution < -0.4 is 10.0 Å². The summed E-state index contributed by atoms with van der Waals surface area (Å²) in [5, 5.41) is 2.89. The number of sulfonamides is 1. The second-order valence-electron chi connectivity index (χ2n) is 6.45. The number of hydrogen-bond acceptors (Lipinski definition) is 4. The summed E-state index contributed by atoms with van der Waals surface area (Å²) in [5.74, 6) is 0.307. The van der Waals surface area contributed by atoms with Crippen molar-refractivity contribution < 1.29 is 17.6 Å². The second kappa shape index (κ2) is 9.36. The van der Waals surface area contributed by atoms with Crippen LogP contribution >= 0.6 is 0 Å². The van der Waals surface area contributed by atoms with Gasteiger partial charge in [-0.15, -0.1) is 0 Å². The molecule has 1 aromatic heterocycles. The lowest BCUT2D eigenvalue weighted by atomic mass is 10.1. The van der Waals surface area contributed by atoms with E-state index >= 15 is 0 Å². The average Bonchev–Trinajstić information content (AvgIpc) is 3.25. The van der Waals surface area contributed by atoms with Crippen molar-refractivity contribution in [2.24, 2.45) is 0 Å². The third-order valence-corrected chi connectivity index (χ3v) is 5.71. The summed E-state index contributed by atoms with van der Waals surface area (Å²) < 4.78 is 32.3. The number of benzene rings is 2. The van der Waals surface area contributed by atoms with E-state index in [9.17, 15) is 13.2 Å². The van der Waals surface area contributed by atoms with Gasteiger partial charge in [0.2, 0.25) is 15.9 Å². The highest BCUT2D eigenvalue weighted by atomic mass is 32.2. The first-order valence-corrected chi connectivity index (χ1v) is 10.6. The van der Waals surface area contributed by atoms with Crippen molar-refractivity contribution in [1.82, 2.24) is 10.0 Å². The molecule has 1 amide bonds. The molecule has 1 atom stereocenters. The molecule has 0 bridgehead atoms. The van der Waals surface area contributed by atoms with E-state index < -0.39 is 10.0 Å². The Kier molecular flexibility index (Phi) is 6.64. The fourth-order valence-electron chi connectivity index (χ4n) is 2.68. The van der Waals surface area contributed by atoms with Gasteiger partial charge in [0.1, 0.15) is 5.76 Å². The Labute approximate surface area is 170 Å². The van der Waals surface area contributed by atoms with Crippen LogP contribution in [0.4, 0.5) is 0 Å². The van der Waals surface area contributed by atoms with Crippen molar-refractivity contribution in [3.05, 3.63) is 96.0 Å². The normalized spacial score (nSPS) is 12.7. The number of furan rings is 1. The summed E-state index contributed by atoms with van der Waals surface area (Å²) in [7, 11) is -3.64. The Morgan fingerprint density at radius 1 is 1.03 bits per heavy atom. The van der Waals surface area contributed by atoms with E-state index in [0.717, 1.165) is 11.1 Å². The zero-order valence-electron chi connectivity index (χ0n) is 15.9. The van der Waals surface area contributed by atoms with Crippen LogP contribution in [0, 0.1) is 0 Å².